The Bertz CT molecular complexity index is 617. The van der Waals surface area contributed by atoms with Gasteiger partial charge >= 0.3 is 0 Å². The molecule has 124 valence electrons. The van der Waals surface area contributed by atoms with Gasteiger partial charge in [-0.15, -0.1) is 5.10 Å². The van der Waals surface area contributed by atoms with Crippen molar-refractivity contribution in [1.29, 1.82) is 0 Å². The Morgan fingerprint density at radius 1 is 1.26 bits per heavy atom. The maximum atomic E-state index is 5.81. The Morgan fingerprint density at radius 3 is 2.78 bits per heavy atom. The summed E-state index contributed by atoms with van der Waals surface area (Å²) in [6.07, 6.45) is 3.96. The van der Waals surface area contributed by atoms with Crippen LogP contribution in [0.3, 0.4) is 0 Å². The minimum Gasteiger partial charge on any atom is -0.489 e. The lowest BCUT2D eigenvalue weighted by atomic mass is 10.3. The SMILES string of the molecule is CCCCN(C)c1nncc(Nc2ccccc2OC(C)C)n1. The fraction of sp³-hybridized carbons (Fsp3) is 0.471. The molecule has 0 saturated carbocycles. The fourth-order valence-electron chi connectivity index (χ4n) is 2.08. The number of anilines is 3. The van der Waals surface area contributed by atoms with Crippen LogP contribution in [0.15, 0.2) is 30.5 Å². The van der Waals surface area contributed by atoms with Gasteiger partial charge in [-0.3, -0.25) is 0 Å². The first-order valence-electron chi connectivity index (χ1n) is 8.03. The Kier molecular flexibility index (Phi) is 6.14. The van der Waals surface area contributed by atoms with E-state index in [1.165, 1.54) is 0 Å². The monoisotopic (exact) mass is 315 g/mol. The van der Waals surface area contributed by atoms with Crippen molar-refractivity contribution in [2.45, 2.75) is 39.7 Å². The summed E-state index contributed by atoms with van der Waals surface area (Å²) in [6.45, 7) is 7.08. The van der Waals surface area contributed by atoms with E-state index in [0.29, 0.717) is 11.8 Å². The van der Waals surface area contributed by atoms with Crippen LogP contribution in [-0.4, -0.2) is 34.9 Å². The molecule has 2 aromatic rings. The van der Waals surface area contributed by atoms with E-state index in [2.05, 4.69) is 27.4 Å². The molecule has 0 aliphatic rings. The second-order valence-electron chi connectivity index (χ2n) is 5.70. The summed E-state index contributed by atoms with van der Waals surface area (Å²) in [5.41, 5.74) is 0.865. The number of rotatable bonds is 8. The zero-order valence-electron chi connectivity index (χ0n) is 14.3. The van der Waals surface area contributed by atoms with Crippen LogP contribution in [0, 0.1) is 0 Å². The largest absolute Gasteiger partial charge is 0.489 e. The highest BCUT2D eigenvalue weighted by atomic mass is 16.5. The predicted octanol–water partition coefficient (Wildman–Crippen LogP) is 3.64. The van der Waals surface area contributed by atoms with Gasteiger partial charge in [-0.2, -0.15) is 10.1 Å². The molecule has 1 aromatic carbocycles. The minimum atomic E-state index is 0.109. The smallest absolute Gasteiger partial charge is 0.247 e. The van der Waals surface area contributed by atoms with E-state index in [1.54, 1.807) is 6.20 Å². The van der Waals surface area contributed by atoms with Gasteiger partial charge in [0, 0.05) is 13.6 Å². The molecular weight excluding hydrogens is 290 g/mol. The summed E-state index contributed by atoms with van der Waals surface area (Å²) in [5.74, 6) is 2.06. The molecule has 0 spiro atoms. The summed E-state index contributed by atoms with van der Waals surface area (Å²) < 4.78 is 5.81. The van der Waals surface area contributed by atoms with Crippen molar-refractivity contribution in [1.82, 2.24) is 15.2 Å². The maximum absolute atomic E-state index is 5.81. The van der Waals surface area contributed by atoms with Gasteiger partial charge < -0.3 is 15.0 Å². The third kappa shape index (κ3) is 5.09. The molecule has 6 nitrogen and oxygen atoms in total. The molecule has 1 aromatic heterocycles. The van der Waals surface area contributed by atoms with Gasteiger partial charge in [0.05, 0.1) is 18.0 Å². The van der Waals surface area contributed by atoms with Gasteiger partial charge in [0.25, 0.3) is 0 Å². The van der Waals surface area contributed by atoms with Crippen molar-refractivity contribution in [2.75, 3.05) is 23.8 Å². The van der Waals surface area contributed by atoms with Crippen LogP contribution in [0.1, 0.15) is 33.6 Å². The number of unbranched alkanes of at least 4 members (excludes halogenated alkanes) is 1. The molecule has 1 N–H and O–H groups in total. The number of hydrogen-bond donors (Lipinski definition) is 1. The molecule has 0 aliphatic carbocycles. The molecule has 2 rings (SSSR count). The second-order valence-corrected chi connectivity index (χ2v) is 5.70. The van der Waals surface area contributed by atoms with Gasteiger partial charge in [-0.25, -0.2) is 0 Å². The van der Waals surface area contributed by atoms with Crippen molar-refractivity contribution in [3.63, 3.8) is 0 Å². The lowest BCUT2D eigenvalue weighted by Crippen LogP contribution is -2.21. The highest BCUT2D eigenvalue weighted by molar-refractivity contribution is 5.64. The lowest BCUT2D eigenvalue weighted by molar-refractivity contribution is 0.244. The quantitative estimate of drug-likeness (QED) is 0.802. The highest BCUT2D eigenvalue weighted by Crippen LogP contribution is 2.27. The first kappa shape index (κ1) is 17.0. The van der Waals surface area contributed by atoms with Crippen molar-refractivity contribution < 1.29 is 4.74 Å². The zero-order chi connectivity index (χ0) is 16.7. The topological polar surface area (TPSA) is 63.2 Å². The van der Waals surface area contributed by atoms with Crippen LogP contribution in [0.4, 0.5) is 17.5 Å². The van der Waals surface area contributed by atoms with E-state index >= 15 is 0 Å². The molecule has 0 unspecified atom stereocenters. The molecule has 0 aliphatic heterocycles. The van der Waals surface area contributed by atoms with Gasteiger partial charge in [-0.05, 0) is 32.4 Å². The second kappa shape index (κ2) is 8.31. The minimum absolute atomic E-state index is 0.109. The van der Waals surface area contributed by atoms with Crippen molar-refractivity contribution in [3.05, 3.63) is 30.5 Å². The van der Waals surface area contributed by atoms with Crippen LogP contribution in [0.25, 0.3) is 0 Å². The van der Waals surface area contributed by atoms with Crippen LogP contribution in [0.5, 0.6) is 5.75 Å². The third-order valence-corrected chi connectivity index (χ3v) is 3.25. The van der Waals surface area contributed by atoms with E-state index in [9.17, 15) is 0 Å². The molecule has 0 amide bonds. The molecule has 1 heterocycles. The average Bonchev–Trinajstić information content (AvgIpc) is 2.54. The summed E-state index contributed by atoms with van der Waals surface area (Å²) in [7, 11) is 1.98. The van der Waals surface area contributed by atoms with Crippen LogP contribution < -0.4 is 15.0 Å². The number of ether oxygens (including phenoxy) is 1. The first-order chi connectivity index (χ1) is 11.1. The van der Waals surface area contributed by atoms with Gasteiger partial charge in [0.2, 0.25) is 5.95 Å². The Balaban J connectivity index is 2.14. The Labute approximate surface area is 137 Å². The summed E-state index contributed by atoms with van der Waals surface area (Å²) in [6, 6.07) is 7.80. The Hall–Kier alpha value is -2.37. The number of nitrogens with one attached hydrogen (secondary N) is 1. The van der Waals surface area contributed by atoms with E-state index in [0.717, 1.165) is 30.8 Å². The summed E-state index contributed by atoms with van der Waals surface area (Å²) in [4.78, 5) is 6.54. The third-order valence-electron chi connectivity index (χ3n) is 3.25. The molecule has 23 heavy (non-hydrogen) atoms. The zero-order valence-corrected chi connectivity index (χ0v) is 14.3. The summed E-state index contributed by atoms with van der Waals surface area (Å²) in [5, 5.41) is 11.4. The first-order valence-corrected chi connectivity index (χ1v) is 8.03. The molecule has 0 radical (unpaired) electrons. The van der Waals surface area contributed by atoms with E-state index in [4.69, 9.17) is 4.74 Å². The molecule has 0 atom stereocenters. The molecule has 0 saturated heterocycles. The van der Waals surface area contributed by atoms with E-state index in [1.807, 2.05) is 50.1 Å². The fourth-order valence-corrected chi connectivity index (χ4v) is 2.08. The van der Waals surface area contributed by atoms with E-state index < -0.39 is 0 Å². The van der Waals surface area contributed by atoms with Crippen LogP contribution in [0.2, 0.25) is 0 Å². The van der Waals surface area contributed by atoms with Gasteiger partial charge in [0.15, 0.2) is 5.82 Å². The van der Waals surface area contributed by atoms with Crippen molar-refractivity contribution in [2.24, 2.45) is 0 Å². The van der Waals surface area contributed by atoms with Gasteiger partial charge in [0.1, 0.15) is 5.75 Å². The highest BCUT2D eigenvalue weighted by Gasteiger charge is 2.09. The normalized spacial score (nSPS) is 10.7. The maximum Gasteiger partial charge on any atom is 0.247 e. The van der Waals surface area contributed by atoms with Crippen molar-refractivity contribution in [3.8, 4) is 5.75 Å². The van der Waals surface area contributed by atoms with Crippen LogP contribution in [-0.2, 0) is 0 Å². The van der Waals surface area contributed by atoms with Crippen molar-refractivity contribution >= 4 is 17.5 Å². The van der Waals surface area contributed by atoms with E-state index in [-0.39, 0.29) is 6.10 Å². The predicted molar refractivity (Wildman–Crippen MR) is 93.5 cm³/mol. The number of hydrogen-bond acceptors (Lipinski definition) is 6. The summed E-state index contributed by atoms with van der Waals surface area (Å²) >= 11 is 0. The van der Waals surface area contributed by atoms with Gasteiger partial charge in [-0.1, -0.05) is 25.5 Å². The number of nitrogens with zero attached hydrogens (tertiary/aromatic N) is 4. The number of benzene rings is 1. The molecule has 0 fully saturated rings. The molecule has 6 heteroatoms. The lowest BCUT2D eigenvalue weighted by Gasteiger charge is -2.17. The average molecular weight is 315 g/mol. The number of para-hydroxylation sites is 2. The Morgan fingerprint density at radius 2 is 2.04 bits per heavy atom. The standard InChI is InChI=1S/C17H25N5O/c1-5-6-11-22(4)17-20-16(12-18-21-17)19-14-9-7-8-10-15(14)23-13(2)3/h7-10,12-13H,5-6,11H2,1-4H3,(H,19,20,21). The molecular formula is C17H25N5O. The number of aromatic nitrogens is 3. The molecule has 0 bridgehead atoms. The van der Waals surface area contributed by atoms with Crippen LogP contribution >= 0.6 is 0 Å².